The van der Waals surface area contributed by atoms with E-state index in [2.05, 4.69) is 46.5 Å². The van der Waals surface area contributed by atoms with Gasteiger partial charge in [-0.2, -0.15) is 0 Å². The molecule has 0 amide bonds. The number of hydrogen-bond donors (Lipinski definition) is 1. The molecule has 0 aromatic carbocycles. The molecule has 4 aliphatic carbocycles. The van der Waals surface area contributed by atoms with Gasteiger partial charge in [0.25, 0.3) is 0 Å². The molecule has 4 rings (SSSR count). The Morgan fingerprint density at radius 1 is 1.05 bits per heavy atom. The van der Waals surface area contributed by atoms with Crippen LogP contribution in [0, 0.1) is 34.0 Å². The van der Waals surface area contributed by atoms with Crippen LogP contribution in [-0.2, 0) is 0 Å². The van der Waals surface area contributed by atoms with Crippen molar-refractivity contribution in [1.29, 1.82) is 0 Å². The van der Waals surface area contributed by atoms with Crippen LogP contribution in [0.1, 0.15) is 66.7 Å². The standard InChI is InChI=1S/C19H31N/c1-12(20-17(5,6)16(2,3)4)9-18-10-14-7-13-8-15(11-18)19(13,14)18/h13-15,20H,1,7-11H2,2-6H3. The van der Waals surface area contributed by atoms with Crippen molar-refractivity contribution in [2.45, 2.75) is 72.3 Å². The van der Waals surface area contributed by atoms with Crippen molar-refractivity contribution in [3.8, 4) is 0 Å². The minimum absolute atomic E-state index is 0.114. The van der Waals surface area contributed by atoms with E-state index in [1.807, 2.05) is 0 Å². The van der Waals surface area contributed by atoms with Gasteiger partial charge in [-0.15, -0.1) is 0 Å². The van der Waals surface area contributed by atoms with Crippen molar-refractivity contribution in [3.63, 3.8) is 0 Å². The van der Waals surface area contributed by atoms with Gasteiger partial charge in [0.1, 0.15) is 0 Å². The van der Waals surface area contributed by atoms with Crippen LogP contribution in [0.2, 0.25) is 0 Å². The molecule has 2 atom stereocenters. The molecular formula is C19H31N. The first kappa shape index (κ1) is 13.2. The lowest BCUT2D eigenvalue weighted by Gasteiger charge is -2.91. The Labute approximate surface area is 124 Å². The van der Waals surface area contributed by atoms with Crippen molar-refractivity contribution < 1.29 is 0 Å². The molecule has 1 heteroatoms. The molecule has 0 saturated heterocycles. The maximum atomic E-state index is 4.40. The summed E-state index contributed by atoms with van der Waals surface area (Å²) < 4.78 is 0. The minimum atomic E-state index is 0.114. The Bertz CT molecular complexity index is 453. The van der Waals surface area contributed by atoms with Crippen LogP contribution < -0.4 is 5.32 Å². The summed E-state index contributed by atoms with van der Waals surface area (Å²) in [6, 6.07) is 0. The Morgan fingerprint density at radius 3 is 2.00 bits per heavy atom. The Morgan fingerprint density at radius 2 is 1.60 bits per heavy atom. The number of rotatable bonds is 4. The van der Waals surface area contributed by atoms with Crippen molar-refractivity contribution in [2.24, 2.45) is 34.0 Å². The fraction of sp³-hybridized carbons (Fsp3) is 0.895. The molecule has 1 spiro atoms. The molecule has 1 nitrogen and oxygen atoms in total. The summed E-state index contributed by atoms with van der Waals surface area (Å²) in [6.45, 7) is 16.0. The van der Waals surface area contributed by atoms with E-state index in [9.17, 15) is 0 Å². The van der Waals surface area contributed by atoms with Gasteiger partial charge in [-0.25, -0.2) is 0 Å². The maximum absolute atomic E-state index is 4.40. The van der Waals surface area contributed by atoms with Crippen molar-refractivity contribution in [2.75, 3.05) is 0 Å². The molecule has 112 valence electrons. The Kier molecular flexibility index (Phi) is 2.18. The van der Waals surface area contributed by atoms with Crippen LogP contribution in [0.25, 0.3) is 0 Å². The average molecular weight is 273 g/mol. The smallest absolute Gasteiger partial charge is 0.0362 e. The topological polar surface area (TPSA) is 12.0 Å². The summed E-state index contributed by atoms with van der Waals surface area (Å²) in [7, 11) is 0. The zero-order valence-corrected chi connectivity index (χ0v) is 14.0. The first-order valence-electron chi connectivity index (χ1n) is 8.58. The summed E-state index contributed by atoms with van der Waals surface area (Å²) in [4.78, 5) is 0. The monoisotopic (exact) mass is 273 g/mol. The number of allylic oxidation sites excluding steroid dienone is 1. The van der Waals surface area contributed by atoms with E-state index in [-0.39, 0.29) is 11.0 Å². The summed E-state index contributed by atoms with van der Waals surface area (Å²) >= 11 is 0. The predicted octanol–water partition coefficient (Wildman–Crippen LogP) is 4.74. The van der Waals surface area contributed by atoms with Crippen molar-refractivity contribution >= 4 is 0 Å². The van der Waals surface area contributed by atoms with E-state index in [1.54, 1.807) is 12.8 Å². The lowest BCUT2D eigenvalue weighted by molar-refractivity contribution is -0.431. The van der Waals surface area contributed by atoms with E-state index in [4.69, 9.17) is 0 Å². The van der Waals surface area contributed by atoms with Crippen molar-refractivity contribution in [1.82, 2.24) is 5.32 Å². The molecule has 4 saturated carbocycles. The molecule has 2 unspecified atom stereocenters. The third kappa shape index (κ3) is 1.19. The van der Waals surface area contributed by atoms with E-state index >= 15 is 0 Å². The van der Waals surface area contributed by atoms with Gasteiger partial charge >= 0.3 is 0 Å². The molecule has 0 bridgehead atoms. The van der Waals surface area contributed by atoms with Crippen LogP contribution in [0.5, 0.6) is 0 Å². The first-order valence-corrected chi connectivity index (χ1v) is 8.58. The highest BCUT2D eigenvalue weighted by Crippen LogP contribution is 2.93. The summed E-state index contributed by atoms with van der Waals surface area (Å²) in [5.74, 6) is 3.34. The van der Waals surface area contributed by atoms with Crippen LogP contribution in [0.4, 0.5) is 0 Å². The highest BCUT2D eigenvalue weighted by atomic mass is 15.0. The van der Waals surface area contributed by atoms with E-state index in [0.29, 0.717) is 5.41 Å². The van der Waals surface area contributed by atoms with Gasteiger partial charge in [-0.05, 0) is 80.0 Å². The second-order valence-electron chi connectivity index (χ2n) is 9.96. The lowest BCUT2D eigenvalue weighted by Crippen LogP contribution is -2.85. The molecule has 4 fully saturated rings. The zero-order valence-electron chi connectivity index (χ0n) is 14.0. The largest absolute Gasteiger partial charge is 0.383 e. The maximum Gasteiger partial charge on any atom is 0.0362 e. The second kappa shape index (κ2) is 3.31. The fourth-order valence-electron chi connectivity index (χ4n) is 6.54. The van der Waals surface area contributed by atoms with Gasteiger partial charge in [-0.1, -0.05) is 27.4 Å². The van der Waals surface area contributed by atoms with Gasteiger partial charge in [-0.3, -0.25) is 0 Å². The molecule has 1 N–H and O–H groups in total. The Balaban J connectivity index is 1.43. The van der Waals surface area contributed by atoms with Gasteiger partial charge in [0.05, 0.1) is 0 Å². The van der Waals surface area contributed by atoms with Gasteiger partial charge in [0.2, 0.25) is 0 Å². The fourth-order valence-corrected chi connectivity index (χ4v) is 6.54. The molecule has 0 aromatic rings. The number of hydrogen-bond acceptors (Lipinski definition) is 1. The zero-order chi connectivity index (χ0) is 14.6. The Hall–Kier alpha value is -0.460. The molecule has 0 aliphatic heterocycles. The molecule has 0 aromatic heterocycles. The summed E-state index contributed by atoms with van der Waals surface area (Å²) in [6.07, 6.45) is 7.39. The van der Waals surface area contributed by atoms with Crippen molar-refractivity contribution in [3.05, 3.63) is 12.3 Å². The summed E-state index contributed by atoms with van der Waals surface area (Å²) in [5.41, 5.74) is 3.19. The number of nitrogens with one attached hydrogen (secondary N) is 1. The van der Waals surface area contributed by atoms with E-state index < -0.39 is 0 Å². The molecular weight excluding hydrogens is 242 g/mol. The van der Waals surface area contributed by atoms with Gasteiger partial charge in [0, 0.05) is 11.2 Å². The van der Waals surface area contributed by atoms with Crippen LogP contribution in [0.3, 0.4) is 0 Å². The van der Waals surface area contributed by atoms with Crippen LogP contribution in [-0.4, -0.2) is 5.54 Å². The first-order chi connectivity index (χ1) is 9.12. The third-order valence-corrected chi connectivity index (χ3v) is 8.27. The predicted molar refractivity (Wildman–Crippen MR) is 84.2 cm³/mol. The molecule has 0 heterocycles. The molecule has 20 heavy (non-hydrogen) atoms. The van der Waals surface area contributed by atoms with Gasteiger partial charge < -0.3 is 5.32 Å². The molecule has 0 radical (unpaired) electrons. The highest BCUT2D eigenvalue weighted by Gasteiger charge is 2.87. The second-order valence-corrected chi connectivity index (χ2v) is 9.96. The normalized spacial score (nSPS) is 47.8. The highest BCUT2D eigenvalue weighted by molar-refractivity contribution is 5.36. The van der Waals surface area contributed by atoms with Crippen LogP contribution >= 0.6 is 0 Å². The molecule has 4 aliphatic rings. The summed E-state index contributed by atoms with van der Waals surface area (Å²) in [5, 5.41) is 3.77. The SMILES string of the molecule is C=C(CC12CC3CC4CC(C1)C432)NC(C)(C)C(C)(C)C. The third-order valence-electron chi connectivity index (χ3n) is 8.27. The van der Waals surface area contributed by atoms with E-state index in [0.717, 1.165) is 23.2 Å². The minimum Gasteiger partial charge on any atom is -0.383 e. The quantitative estimate of drug-likeness (QED) is 0.780. The lowest BCUT2D eigenvalue weighted by atomic mass is 9.13. The van der Waals surface area contributed by atoms with Crippen LogP contribution in [0.15, 0.2) is 12.3 Å². The van der Waals surface area contributed by atoms with E-state index in [1.165, 1.54) is 25.0 Å². The van der Waals surface area contributed by atoms with Gasteiger partial charge in [0.15, 0.2) is 0 Å². The average Bonchev–Trinajstić information content (AvgIpc) is 2.15.